The molecular weight excluding hydrogens is 524 g/mol. The minimum absolute atomic E-state index is 0.0223. The van der Waals surface area contributed by atoms with Crippen LogP contribution < -0.4 is 11.1 Å². The van der Waals surface area contributed by atoms with Crippen molar-refractivity contribution in [2.75, 3.05) is 112 Å². The van der Waals surface area contributed by atoms with Gasteiger partial charge in [0.2, 0.25) is 5.91 Å². The van der Waals surface area contributed by atoms with E-state index in [0.29, 0.717) is 118 Å². The Kier molecular flexibility index (Phi) is 28.4. The predicted molar refractivity (Wildman–Crippen MR) is 151 cm³/mol. The fourth-order valence-electron chi connectivity index (χ4n) is 3.07. The molecule has 0 unspecified atom stereocenters. The molecule has 0 aromatic rings. The van der Waals surface area contributed by atoms with E-state index in [1.54, 1.807) is 13.8 Å². The maximum atomic E-state index is 11.8. The van der Waals surface area contributed by atoms with E-state index >= 15 is 0 Å². The molecule has 0 aromatic heterocycles. The number of amides is 1. The summed E-state index contributed by atoms with van der Waals surface area (Å²) in [6, 6.07) is -0.589. The van der Waals surface area contributed by atoms with E-state index < -0.39 is 6.04 Å². The molecule has 0 aromatic carbocycles. The highest BCUT2D eigenvalue weighted by Crippen LogP contribution is 2.03. The largest absolute Gasteiger partial charge is 0.379 e. The van der Waals surface area contributed by atoms with Gasteiger partial charge in [-0.05, 0) is 12.3 Å². The van der Waals surface area contributed by atoms with Gasteiger partial charge in [-0.2, -0.15) is 0 Å². The number of hydrogen-bond donors (Lipinski definition) is 2. The molecule has 0 bridgehead atoms. The monoisotopic (exact) mass is 580 g/mol. The second-order valence-electron chi connectivity index (χ2n) is 9.81. The highest BCUT2D eigenvalue weighted by atomic mass is 16.6. The van der Waals surface area contributed by atoms with Crippen molar-refractivity contribution in [1.82, 2.24) is 5.32 Å². The highest BCUT2D eigenvalue weighted by Gasteiger charge is 2.17. The molecule has 1 amide bonds. The number of nitrogens with two attached hydrogens (primary N) is 1. The number of carbonyl (C=O) groups excluding carboxylic acids is 2. The Bertz CT molecular complexity index is 581. The van der Waals surface area contributed by atoms with Crippen LogP contribution in [-0.4, -0.2) is 130 Å². The molecular formula is C28H56N2O10. The number of Topliss-reactive ketones (excluding diaryl/α,β-unsaturated/α-hetero) is 1. The van der Waals surface area contributed by atoms with Crippen LogP contribution in [0.4, 0.5) is 0 Å². The van der Waals surface area contributed by atoms with E-state index in [1.165, 1.54) is 0 Å². The molecule has 0 aliphatic rings. The zero-order valence-corrected chi connectivity index (χ0v) is 25.3. The Labute approximate surface area is 241 Å². The summed E-state index contributed by atoms with van der Waals surface area (Å²) in [6.45, 7) is 16.5. The van der Waals surface area contributed by atoms with Crippen molar-refractivity contribution in [1.29, 1.82) is 0 Å². The van der Waals surface area contributed by atoms with Gasteiger partial charge in [-0.1, -0.05) is 27.7 Å². The summed E-state index contributed by atoms with van der Waals surface area (Å²) in [7, 11) is 0. The van der Waals surface area contributed by atoms with Crippen LogP contribution in [0.2, 0.25) is 0 Å². The first-order chi connectivity index (χ1) is 19.3. The van der Waals surface area contributed by atoms with Crippen molar-refractivity contribution < 1.29 is 47.5 Å². The summed E-state index contributed by atoms with van der Waals surface area (Å²) in [5, 5.41) is 2.75. The lowest BCUT2D eigenvalue weighted by Crippen LogP contribution is -2.36. The van der Waals surface area contributed by atoms with Crippen LogP contribution >= 0.6 is 0 Å². The van der Waals surface area contributed by atoms with Crippen LogP contribution in [0.5, 0.6) is 0 Å². The predicted octanol–water partition coefficient (Wildman–Crippen LogP) is 1.22. The van der Waals surface area contributed by atoms with Crippen LogP contribution in [0.15, 0.2) is 0 Å². The summed E-state index contributed by atoms with van der Waals surface area (Å²) in [5.74, 6) is 0.261. The van der Waals surface area contributed by atoms with Crippen LogP contribution in [-0.2, 0) is 47.5 Å². The maximum Gasteiger partial charge on any atom is 0.220 e. The van der Waals surface area contributed by atoms with Crippen molar-refractivity contribution in [3.63, 3.8) is 0 Å². The van der Waals surface area contributed by atoms with E-state index in [4.69, 9.17) is 43.6 Å². The molecule has 1 atom stereocenters. The minimum Gasteiger partial charge on any atom is -0.379 e. The fourth-order valence-corrected chi connectivity index (χ4v) is 3.07. The molecule has 0 aliphatic heterocycles. The second-order valence-corrected chi connectivity index (χ2v) is 9.81. The summed E-state index contributed by atoms with van der Waals surface area (Å²) in [6.07, 6.45) is 0.577. The topological polar surface area (TPSA) is 146 Å². The molecule has 0 aliphatic carbocycles. The molecule has 12 nitrogen and oxygen atoms in total. The van der Waals surface area contributed by atoms with Gasteiger partial charge in [-0.3, -0.25) is 9.59 Å². The highest BCUT2D eigenvalue weighted by molar-refractivity contribution is 5.86. The third-order valence-electron chi connectivity index (χ3n) is 5.24. The third kappa shape index (κ3) is 28.3. The van der Waals surface area contributed by atoms with Crippen molar-refractivity contribution in [3.05, 3.63) is 0 Å². The fraction of sp³-hybridized carbons (Fsp3) is 0.929. The van der Waals surface area contributed by atoms with Crippen LogP contribution in [0.25, 0.3) is 0 Å². The molecule has 0 rings (SSSR count). The lowest BCUT2D eigenvalue weighted by Gasteiger charge is -2.12. The summed E-state index contributed by atoms with van der Waals surface area (Å²) in [4.78, 5) is 23.5. The first-order valence-corrected chi connectivity index (χ1v) is 14.5. The van der Waals surface area contributed by atoms with Crippen molar-refractivity contribution in [2.24, 2.45) is 17.6 Å². The van der Waals surface area contributed by atoms with Crippen molar-refractivity contribution in [2.45, 2.75) is 46.6 Å². The van der Waals surface area contributed by atoms with Gasteiger partial charge in [-0.15, -0.1) is 0 Å². The molecule has 3 N–H and O–H groups in total. The number of ketones is 1. The zero-order chi connectivity index (χ0) is 29.7. The Morgan fingerprint density at radius 1 is 0.575 bits per heavy atom. The van der Waals surface area contributed by atoms with Gasteiger partial charge in [0.05, 0.1) is 105 Å². The Morgan fingerprint density at radius 2 is 0.925 bits per heavy atom. The smallest absolute Gasteiger partial charge is 0.220 e. The normalized spacial score (nSPS) is 12.4. The molecule has 40 heavy (non-hydrogen) atoms. The van der Waals surface area contributed by atoms with Gasteiger partial charge < -0.3 is 48.9 Å². The Morgan fingerprint density at radius 3 is 1.27 bits per heavy atom. The van der Waals surface area contributed by atoms with Gasteiger partial charge in [0.25, 0.3) is 0 Å². The number of rotatable bonds is 31. The molecule has 238 valence electrons. The number of carbonyl (C=O) groups is 2. The van der Waals surface area contributed by atoms with Crippen LogP contribution in [0, 0.1) is 11.8 Å². The minimum atomic E-state index is -0.589. The SMILES string of the molecule is CC(C)COCCOCCOCCOCCOCCOCCOCCOCCNC(=O)CC[C@H](N)C(=O)C(C)C. The molecule has 0 saturated carbocycles. The average Bonchev–Trinajstić information content (AvgIpc) is 2.92. The molecule has 0 radical (unpaired) electrons. The lowest BCUT2D eigenvalue weighted by molar-refractivity contribution is -0.124. The first kappa shape index (κ1) is 38.8. The average molecular weight is 581 g/mol. The van der Waals surface area contributed by atoms with Crippen molar-refractivity contribution in [3.8, 4) is 0 Å². The first-order valence-electron chi connectivity index (χ1n) is 14.5. The van der Waals surface area contributed by atoms with Crippen LogP contribution in [0.1, 0.15) is 40.5 Å². The van der Waals surface area contributed by atoms with E-state index in [9.17, 15) is 9.59 Å². The van der Waals surface area contributed by atoms with Gasteiger partial charge in [-0.25, -0.2) is 0 Å². The maximum absolute atomic E-state index is 11.8. The molecule has 0 spiro atoms. The van der Waals surface area contributed by atoms with E-state index in [-0.39, 0.29) is 24.0 Å². The number of nitrogens with one attached hydrogen (secondary N) is 1. The van der Waals surface area contributed by atoms with Gasteiger partial charge in [0.15, 0.2) is 5.78 Å². The zero-order valence-electron chi connectivity index (χ0n) is 25.3. The van der Waals surface area contributed by atoms with E-state index in [2.05, 4.69) is 19.2 Å². The molecule has 12 heteroatoms. The lowest BCUT2D eigenvalue weighted by atomic mass is 9.99. The van der Waals surface area contributed by atoms with E-state index in [1.807, 2.05) is 0 Å². The molecule has 0 heterocycles. The third-order valence-corrected chi connectivity index (χ3v) is 5.24. The van der Waals surface area contributed by atoms with Gasteiger partial charge in [0, 0.05) is 25.5 Å². The quantitative estimate of drug-likeness (QED) is 0.114. The standard InChI is InChI=1S/C28H56N2O10/c1-24(2)23-40-22-21-39-20-19-38-18-17-37-16-15-36-14-13-35-12-11-34-10-9-33-8-7-30-27(31)6-5-26(29)28(32)25(3)4/h24-26H,5-23,29H2,1-4H3,(H,30,31)/t26-/m0/s1. The molecule has 0 fully saturated rings. The summed E-state index contributed by atoms with van der Waals surface area (Å²) < 4.78 is 43.5. The van der Waals surface area contributed by atoms with Crippen LogP contribution in [0.3, 0.4) is 0 Å². The molecule has 0 saturated heterocycles. The van der Waals surface area contributed by atoms with E-state index in [0.717, 1.165) is 6.61 Å². The van der Waals surface area contributed by atoms with Gasteiger partial charge >= 0.3 is 0 Å². The van der Waals surface area contributed by atoms with Crippen molar-refractivity contribution >= 4 is 11.7 Å². The summed E-state index contributed by atoms with van der Waals surface area (Å²) in [5.41, 5.74) is 5.79. The Hall–Kier alpha value is -1.22. The number of ether oxygens (including phenoxy) is 8. The Balaban J connectivity index is 3.19. The van der Waals surface area contributed by atoms with Gasteiger partial charge in [0.1, 0.15) is 0 Å². The second kappa shape index (κ2) is 29.3. The summed E-state index contributed by atoms with van der Waals surface area (Å²) >= 11 is 0. The number of hydrogen-bond acceptors (Lipinski definition) is 11.